The molecule has 0 heterocycles. The highest BCUT2D eigenvalue weighted by molar-refractivity contribution is 9.10. The van der Waals surface area contributed by atoms with Crippen LogP contribution in [0.4, 0.5) is 15.8 Å². The van der Waals surface area contributed by atoms with E-state index in [1.807, 2.05) is 0 Å². The maximum absolute atomic E-state index is 13.2. The van der Waals surface area contributed by atoms with Gasteiger partial charge in [-0.05, 0) is 35.9 Å². The van der Waals surface area contributed by atoms with Crippen molar-refractivity contribution >= 4 is 38.9 Å². The summed E-state index contributed by atoms with van der Waals surface area (Å²) in [5, 5.41) is 13.9. The maximum Gasteiger partial charge on any atom is 0.310 e. The van der Waals surface area contributed by atoms with E-state index in [2.05, 4.69) is 21.2 Å². The van der Waals surface area contributed by atoms with Crippen LogP contribution in [-0.4, -0.2) is 4.92 Å². The zero-order valence-corrected chi connectivity index (χ0v) is 12.4. The topological polar surface area (TPSA) is 55.2 Å². The average molecular weight is 360 g/mol. The molecule has 0 fully saturated rings. The van der Waals surface area contributed by atoms with E-state index in [0.29, 0.717) is 11.3 Å². The Balaban J connectivity index is 2.25. The Labute approximate surface area is 127 Å². The first-order valence-electron chi connectivity index (χ1n) is 5.59. The summed E-state index contributed by atoms with van der Waals surface area (Å²) in [6.45, 7) is 0.236. The van der Waals surface area contributed by atoms with Crippen molar-refractivity contribution in [3.05, 3.63) is 67.4 Å². The fraction of sp³-hybridized carbons (Fsp3) is 0.0769. The monoisotopic (exact) mass is 358 g/mol. The SMILES string of the molecule is O=[N+]([O-])c1c(Cl)cccc1NCc1cc(F)ccc1Br. The summed E-state index contributed by atoms with van der Waals surface area (Å²) in [6, 6.07) is 8.88. The quantitative estimate of drug-likeness (QED) is 0.632. The Morgan fingerprint density at radius 3 is 2.80 bits per heavy atom. The fourth-order valence-corrected chi connectivity index (χ4v) is 2.34. The summed E-state index contributed by atoms with van der Waals surface area (Å²) in [5.74, 6) is -0.370. The lowest BCUT2D eigenvalue weighted by Crippen LogP contribution is -2.04. The third kappa shape index (κ3) is 3.26. The molecule has 0 aliphatic heterocycles. The minimum absolute atomic E-state index is 0.0540. The maximum atomic E-state index is 13.2. The van der Waals surface area contributed by atoms with Crippen molar-refractivity contribution in [2.24, 2.45) is 0 Å². The molecule has 0 atom stereocenters. The Bertz CT molecular complexity index is 667. The number of hydrogen-bond donors (Lipinski definition) is 1. The van der Waals surface area contributed by atoms with Crippen molar-refractivity contribution in [3.63, 3.8) is 0 Å². The molecule has 0 saturated heterocycles. The van der Waals surface area contributed by atoms with Gasteiger partial charge in [0, 0.05) is 11.0 Å². The molecule has 0 aliphatic rings. The highest BCUT2D eigenvalue weighted by atomic mass is 79.9. The van der Waals surface area contributed by atoms with Crippen LogP contribution in [0.15, 0.2) is 40.9 Å². The smallest absolute Gasteiger partial charge is 0.310 e. The van der Waals surface area contributed by atoms with Crippen molar-refractivity contribution in [2.45, 2.75) is 6.54 Å². The van der Waals surface area contributed by atoms with Crippen LogP contribution >= 0.6 is 27.5 Å². The lowest BCUT2D eigenvalue weighted by molar-refractivity contribution is -0.383. The number of hydrogen-bond acceptors (Lipinski definition) is 3. The van der Waals surface area contributed by atoms with Gasteiger partial charge < -0.3 is 5.32 Å². The van der Waals surface area contributed by atoms with E-state index in [4.69, 9.17) is 11.6 Å². The van der Waals surface area contributed by atoms with Crippen LogP contribution < -0.4 is 5.32 Å². The van der Waals surface area contributed by atoms with Crippen LogP contribution in [0.1, 0.15) is 5.56 Å². The van der Waals surface area contributed by atoms with Gasteiger partial charge in [0.05, 0.1) is 4.92 Å². The largest absolute Gasteiger partial charge is 0.375 e. The van der Waals surface area contributed by atoms with Gasteiger partial charge in [0.15, 0.2) is 0 Å². The lowest BCUT2D eigenvalue weighted by atomic mass is 10.2. The zero-order valence-electron chi connectivity index (χ0n) is 10.1. The van der Waals surface area contributed by atoms with Crippen LogP contribution in [0.25, 0.3) is 0 Å². The number of halogens is 3. The van der Waals surface area contributed by atoms with E-state index in [1.165, 1.54) is 18.2 Å². The number of nitro benzene ring substituents is 1. The van der Waals surface area contributed by atoms with E-state index in [9.17, 15) is 14.5 Å². The number of nitrogens with zero attached hydrogens (tertiary/aromatic N) is 1. The number of benzene rings is 2. The molecule has 0 bridgehead atoms. The summed E-state index contributed by atoms with van der Waals surface area (Å²) in [6.07, 6.45) is 0. The average Bonchev–Trinajstić information content (AvgIpc) is 2.39. The number of para-hydroxylation sites is 1. The second-order valence-electron chi connectivity index (χ2n) is 3.98. The Kier molecular flexibility index (Phi) is 4.57. The molecular formula is C13H9BrClFN2O2. The van der Waals surface area contributed by atoms with E-state index in [0.717, 1.165) is 4.47 Å². The molecule has 0 amide bonds. The summed E-state index contributed by atoms with van der Waals surface area (Å²) < 4.78 is 13.9. The molecule has 104 valence electrons. The van der Waals surface area contributed by atoms with E-state index in [-0.39, 0.29) is 23.1 Å². The molecule has 0 radical (unpaired) electrons. The van der Waals surface area contributed by atoms with Crippen LogP contribution in [0.5, 0.6) is 0 Å². The zero-order chi connectivity index (χ0) is 14.7. The highest BCUT2D eigenvalue weighted by Gasteiger charge is 2.18. The van der Waals surface area contributed by atoms with Gasteiger partial charge in [0.25, 0.3) is 0 Å². The Morgan fingerprint density at radius 2 is 2.10 bits per heavy atom. The second-order valence-corrected chi connectivity index (χ2v) is 5.24. The summed E-state index contributed by atoms with van der Waals surface area (Å²) in [7, 11) is 0. The fourth-order valence-electron chi connectivity index (χ4n) is 1.71. The lowest BCUT2D eigenvalue weighted by Gasteiger charge is -2.09. The predicted molar refractivity (Wildman–Crippen MR) is 79.5 cm³/mol. The standard InChI is InChI=1S/C13H9BrClFN2O2/c14-10-5-4-9(16)6-8(10)7-17-12-3-1-2-11(15)13(12)18(19)20/h1-6,17H,7H2. The molecule has 2 aromatic rings. The first kappa shape index (κ1) is 14.7. The van der Waals surface area contributed by atoms with Crippen LogP contribution in [0, 0.1) is 15.9 Å². The summed E-state index contributed by atoms with van der Waals surface area (Å²) in [4.78, 5) is 10.4. The third-order valence-corrected chi connectivity index (χ3v) is 3.73. The summed E-state index contributed by atoms with van der Waals surface area (Å²) in [5.41, 5.74) is 0.750. The molecule has 20 heavy (non-hydrogen) atoms. The van der Waals surface area contributed by atoms with Gasteiger partial charge in [-0.2, -0.15) is 0 Å². The molecule has 2 aromatic carbocycles. The Morgan fingerprint density at radius 1 is 1.35 bits per heavy atom. The third-order valence-electron chi connectivity index (χ3n) is 2.65. The van der Waals surface area contributed by atoms with Gasteiger partial charge in [0.1, 0.15) is 16.5 Å². The van der Waals surface area contributed by atoms with E-state index < -0.39 is 4.92 Å². The van der Waals surface area contributed by atoms with Gasteiger partial charge in [-0.1, -0.05) is 33.6 Å². The van der Waals surface area contributed by atoms with Crippen molar-refractivity contribution in [1.29, 1.82) is 0 Å². The summed E-state index contributed by atoms with van der Waals surface area (Å²) >= 11 is 9.11. The van der Waals surface area contributed by atoms with Gasteiger partial charge in [-0.25, -0.2) is 4.39 Å². The van der Waals surface area contributed by atoms with Crippen molar-refractivity contribution in [3.8, 4) is 0 Å². The predicted octanol–water partition coefficient (Wildman–Crippen LogP) is 4.76. The first-order chi connectivity index (χ1) is 9.49. The van der Waals surface area contributed by atoms with Crippen molar-refractivity contribution in [1.82, 2.24) is 0 Å². The molecule has 0 aromatic heterocycles. The van der Waals surface area contributed by atoms with Gasteiger partial charge in [-0.15, -0.1) is 0 Å². The van der Waals surface area contributed by atoms with Gasteiger partial charge in [0.2, 0.25) is 0 Å². The number of anilines is 1. The molecule has 4 nitrogen and oxygen atoms in total. The first-order valence-corrected chi connectivity index (χ1v) is 6.77. The number of rotatable bonds is 4. The molecule has 0 unspecified atom stereocenters. The van der Waals surface area contributed by atoms with Gasteiger partial charge >= 0.3 is 5.69 Å². The van der Waals surface area contributed by atoms with Crippen LogP contribution in [-0.2, 0) is 6.54 Å². The molecule has 0 spiro atoms. The minimum atomic E-state index is -0.550. The second kappa shape index (κ2) is 6.19. The van der Waals surface area contributed by atoms with Crippen molar-refractivity contribution < 1.29 is 9.31 Å². The number of nitrogens with one attached hydrogen (secondary N) is 1. The molecule has 2 rings (SSSR count). The minimum Gasteiger partial charge on any atom is -0.375 e. The molecule has 1 N–H and O–H groups in total. The van der Waals surface area contributed by atoms with Crippen LogP contribution in [0.3, 0.4) is 0 Å². The van der Waals surface area contributed by atoms with E-state index in [1.54, 1.807) is 18.2 Å². The van der Waals surface area contributed by atoms with Crippen LogP contribution in [0.2, 0.25) is 5.02 Å². The van der Waals surface area contributed by atoms with Gasteiger partial charge in [-0.3, -0.25) is 10.1 Å². The molecule has 0 saturated carbocycles. The highest BCUT2D eigenvalue weighted by Crippen LogP contribution is 2.32. The molecule has 0 aliphatic carbocycles. The Hall–Kier alpha value is -1.66. The molecular weight excluding hydrogens is 351 g/mol. The normalized spacial score (nSPS) is 10.3. The number of nitro groups is 1. The molecule has 7 heteroatoms. The van der Waals surface area contributed by atoms with E-state index >= 15 is 0 Å². The van der Waals surface area contributed by atoms with Crippen molar-refractivity contribution in [2.75, 3.05) is 5.32 Å².